The molecule has 5 atom stereocenters. The highest BCUT2D eigenvalue weighted by molar-refractivity contribution is 7.91. The number of aromatic nitrogens is 2. The molecule has 304 valence electrons. The van der Waals surface area contributed by atoms with Crippen LogP contribution in [0.1, 0.15) is 64.2 Å². The van der Waals surface area contributed by atoms with Gasteiger partial charge < -0.3 is 29.7 Å². The minimum atomic E-state index is -3.92. The Morgan fingerprint density at radius 1 is 0.877 bits per heavy atom. The first-order valence-electron chi connectivity index (χ1n) is 19.4. The normalized spacial score (nSPS) is 28.3. The lowest BCUT2D eigenvalue weighted by Gasteiger charge is -2.25. The molecule has 57 heavy (non-hydrogen) atoms. The van der Waals surface area contributed by atoms with Crippen molar-refractivity contribution in [3.8, 4) is 22.9 Å². The Labute approximate surface area is 327 Å². The molecule has 5 aliphatic rings. The van der Waals surface area contributed by atoms with E-state index in [0.29, 0.717) is 55.1 Å². The zero-order valence-corrected chi connectivity index (χ0v) is 31.9. The molecule has 3 aliphatic heterocycles. The van der Waals surface area contributed by atoms with Crippen LogP contribution >= 0.6 is 0 Å². The first-order valence-corrected chi connectivity index (χ1v) is 21.0. The minimum Gasteiger partial charge on any atom is -0.487 e. The second kappa shape index (κ2) is 15.3. The van der Waals surface area contributed by atoms with Crippen LogP contribution in [0.2, 0.25) is 0 Å². The summed E-state index contributed by atoms with van der Waals surface area (Å²) in [6.07, 6.45) is 3.10. The van der Waals surface area contributed by atoms with Crippen molar-refractivity contribution in [1.82, 2.24) is 30.2 Å². The molecular weight excluding hydrogens is 767 g/mol. The number of halogens is 2. The van der Waals surface area contributed by atoms with Crippen LogP contribution in [0.3, 0.4) is 0 Å². The Hall–Kier alpha value is -5.13. The number of carbonyl (C=O) groups is 4. The van der Waals surface area contributed by atoms with Gasteiger partial charge in [-0.2, -0.15) is 8.78 Å². The Morgan fingerprint density at radius 3 is 2.37 bits per heavy atom. The summed E-state index contributed by atoms with van der Waals surface area (Å²) in [6, 6.07) is 12.0. The highest BCUT2D eigenvalue weighted by Gasteiger charge is 2.62. The third kappa shape index (κ3) is 8.46. The zero-order valence-electron chi connectivity index (χ0n) is 31.1. The highest BCUT2D eigenvalue weighted by atomic mass is 32.2. The SMILES string of the molecule is O=C1N[C@H]2CCCCCCC[C@@H]3C[C@]3(C(=O)NS(=O)(=O)C3CC3)NC(=O)C3CN(C[C@@H]3Oc3nc4ccccc4nc3-c3cccc(c3)OCC(F)(F)CO1)C2=O. The number of fused-ring (bicyclic) bond motifs is 10. The van der Waals surface area contributed by atoms with Crippen molar-refractivity contribution in [3.63, 3.8) is 0 Å². The number of alkyl carbamates (subject to hydrolysis) is 1. The Balaban J connectivity index is 1.19. The summed E-state index contributed by atoms with van der Waals surface area (Å²) in [5, 5.41) is 4.73. The Morgan fingerprint density at radius 2 is 1.60 bits per heavy atom. The molecule has 3 aromatic rings. The number of hydrogen-bond donors (Lipinski definition) is 3. The minimum absolute atomic E-state index is 0.00850. The standard InChI is InChI=1S/C39H44F2N6O9S/c40-38(41)21-54-25-11-8-9-23(17-25)32-34(43-29-13-7-6-12-28(29)42-32)56-31-20-47-19-27(31)33(48)45-39(36(50)46-57(52,53)26-15-16-26)18-24(39)10-4-2-1-3-5-14-30(35(47)49)44-37(51)55-22-38/h6-9,11-13,17,24,26-27,30-31H,1-5,10,14-16,18-22H2,(H,44,51)(H,45,48)(H,46,50)/t24-,27?,30+,31+,39+/m1/s1. The predicted octanol–water partition coefficient (Wildman–Crippen LogP) is 3.85. The van der Waals surface area contributed by atoms with Gasteiger partial charge in [0.25, 0.3) is 5.91 Å². The van der Waals surface area contributed by atoms with E-state index < -0.39 is 81.8 Å². The van der Waals surface area contributed by atoms with Crippen LogP contribution in [0, 0.1) is 11.8 Å². The lowest BCUT2D eigenvalue weighted by atomic mass is 10.0. The van der Waals surface area contributed by atoms with Crippen LogP contribution in [-0.2, 0) is 29.1 Å². The average molecular weight is 811 g/mol. The third-order valence-corrected chi connectivity index (χ3v) is 13.2. The van der Waals surface area contributed by atoms with Crippen molar-refractivity contribution in [1.29, 1.82) is 0 Å². The van der Waals surface area contributed by atoms with E-state index in [2.05, 4.69) is 15.4 Å². The molecule has 1 unspecified atom stereocenters. The van der Waals surface area contributed by atoms with Gasteiger partial charge in [0.05, 0.1) is 28.7 Å². The van der Waals surface area contributed by atoms with Gasteiger partial charge in [-0.25, -0.2) is 23.2 Å². The quantitative estimate of drug-likeness (QED) is 0.348. The molecule has 2 saturated heterocycles. The third-order valence-electron chi connectivity index (χ3n) is 11.4. The van der Waals surface area contributed by atoms with E-state index in [9.17, 15) is 36.4 Å². The summed E-state index contributed by atoms with van der Waals surface area (Å²) in [6.45, 7) is -2.78. The summed E-state index contributed by atoms with van der Waals surface area (Å²) >= 11 is 0. The maximum atomic E-state index is 15.0. The number of para-hydroxylation sites is 2. The smallest absolute Gasteiger partial charge is 0.408 e. The molecule has 1 aromatic heterocycles. The van der Waals surface area contributed by atoms with Crippen molar-refractivity contribution < 1.29 is 50.6 Å². The van der Waals surface area contributed by atoms with Crippen LogP contribution in [0.15, 0.2) is 48.5 Å². The first kappa shape index (κ1) is 38.7. The number of amides is 4. The molecule has 3 N–H and O–H groups in total. The largest absolute Gasteiger partial charge is 0.487 e. The van der Waals surface area contributed by atoms with E-state index in [-0.39, 0.29) is 49.2 Å². The van der Waals surface area contributed by atoms with Gasteiger partial charge in [-0.15, -0.1) is 0 Å². The zero-order chi connectivity index (χ0) is 40.0. The van der Waals surface area contributed by atoms with Gasteiger partial charge in [0.15, 0.2) is 13.2 Å². The number of rotatable bonds is 3. The second-order valence-electron chi connectivity index (χ2n) is 15.7. The van der Waals surface area contributed by atoms with Crippen molar-refractivity contribution in [2.75, 3.05) is 26.3 Å². The van der Waals surface area contributed by atoms with E-state index in [4.69, 9.17) is 24.2 Å². The van der Waals surface area contributed by atoms with Crippen LogP contribution in [0.4, 0.5) is 13.6 Å². The molecule has 4 fully saturated rings. The Kier molecular flexibility index (Phi) is 10.4. The molecule has 18 heteroatoms. The molecule has 0 spiro atoms. The van der Waals surface area contributed by atoms with Crippen LogP contribution in [-0.4, -0.2) is 102 Å². The van der Waals surface area contributed by atoms with Gasteiger partial charge >= 0.3 is 12.0 Å². The lowest BCUT2D eigenvalue weighted by molar-refractivity contribution is -0.134. The maximum Gasteiger partial charge on any atom is 0.408 e. The average Bonchev–Trinajstić information content (AvgIpc) is 4.11. The molecule has 2 aliphatic carbocycles. The predicted molar refractivity (Wildman–Crippen MR) is 200 cm³/mol. The van der Waals surface area contributed by atoms with Crippen LogP contribution in [0.5, 0.6) is 11.6 Å². The number of carbonyl (C=O) groups excluding carboxylic acids is 4. The summed E-state index contributed by atoms with van der Waals surface area (Å²) in [7, 11) is -3.92. The van der Waals surface area contributed by atoms with Gasteiger partial charge in [0.2, 0.25) is 27.7 Å². The van der Waals surface area contributed by atoms with Gasteiger partial charge in [-0.3, -0.25) is 19.1 Å². The second-order valence-corrected chi connectivity index (χ2v) is 17.7. The van der Waals surface area contributed by atoms with E-state index in [0.717, 1.165) is 12.8 Å². The number of ether oxygens (including phenoxy) is 3. The monoisotopic (exact) mass is 810 g/mol. The highest BCUT2D eigenvalue weighted by Crippen LogP contribution is 2.48. The fraction of sp³-hybridized carbons (Fsp3) is 0.538. The number of alkyl halides is 2. The molecule has 8 rings (SSSR count). The number of benzene rings is 2. The van der Waals surface area contributed by atoms with Crippen molar-refractivity contribution in [2.24, 2.45) is 11.8 Å². The number of nitrogens with zero attached hydrogens (tertiary/aromatic N) is 3. The summed E-state index contributed by atoms with van der Waals surface area (Å²) < 4.78 is 74.9. The molecule has 4 heterocycles. The van der Waals surface area contributed by atoms with E-state index in [1.807, 2.05) is 0 Å². The van der Waals surface area contributed by atoms with Crippen molar-refractivity contribution in [2.45, 2.75) is 93.1 Å². The van der Waals surface area contributed by atoms with Crippen LogP contribution < -0.4 is 24.8 Å². The molecule has 2 saturated carbocycles. The first-order chi connectivity index (χ1) is 27.3. The molecule has 4 amide bonds. The summed E-state index contributed by atoms with van der Waals surface area (Å²) in [5.74, 6) is -6.92. The van der Waals surface area contributed by atoms with Gasteiger partial charge in [0.1, 0.15) is 29.1 Å². The molecule has 15 nitrogen and oxygen atoms in total. The van der Waals surface area contributed by atoms with Crippen LogP contribution in [0.25, 0.3) is 22.3 Å². The van der Waals surface area contributed by atoms with Gasteiger partial charge in [-0.05, 0) is 62.3 Å². The van der Waals surface area contributed by atoms with Crippen molar-refractivity contribution in [3.05, 3.63) is 48.5 Å². The fourth-order valence-corrected chi connectivity index (χ4v) is 9.31. The number of hydrogen-bond acceptors (Lipinski definition) is 11. The molecule has 6 bridgehead atoms. The molecule has 2 aromatic carbocycles. The topological polar surface area (TPSA) is 195 Å². The van der Waals surface area contributed by atoms with Crippen molar-refractivity contribution >= 4 is 44.9 Å². The summed E-state index contributed by atoms with van der Waals surface area (Å²) in [5.41, 5.74) is 0.0884. The maximum absolute atomic E-state index is 15.0. The molecule has 0 radical (unpaired) electrons. The van der Waals surface area contributed by atoms with E-state index in [1.165, 1.54) is 17.0 Å². The van der Waals surface area contributed by atoms with Gasteiger partial charge in [-0.1, -0.05) is 56.4 Å². The Bertz CT molecular complexity index is 2190. The van der Waals surface area contributed by atoms with Gasteiger partial charge in [0, 0.05) is 12.1 Å². The number of sulfonamides is 1. The van der Waals surface area contributed by atoms with E-state index >= 15 is 0 Å². The lowest BCUT2D eigenvalue weighted by Crippen LogP contribution is -2.55. The number of nitrogens with one attached hydrogen (secondary N) is 3. The van der Waals surface area contributed by atoms with E-state index in [1.54, 1.807) is 36.4 Å². The fourth-order valence-electron chi connectivity index (χ4n) is 7.95. The molecular formula is C39H44F2N6O9S. The summed E-state index contributed by atoms with van der Waals surface area (Å²) in [4.78, 5) is 66.5. The number of cyclic esters (lactones) is 1.